The molecule has 0 aromatic heterocycles. The number of rotatable bonds is 5. The third-order valence-corrected chi connectivity index (χ3v) is 10.3. The van der Waals surface area contributed by atoms with E-state index in [2.05, 4.69) is 21.2 Å². The van der Waals surface area contributed by atoms with Gasteiger partial charge in [0.15, 0.2) is 0 Å². The molecule has 1 aliphatic heterocycles. The summed E-state index contributed by atoms with van der Waals surface area (Å²) in [4.78, 5) is 13.2. The number of hydrogen-bond acceptors (Lipinski definition) is 3. The van der Waals surface area contributed by atoms with Crippen molar-refractivity contribution in [3.8, 4) is 0 Å². The lowest BCUT2D eigenvalue weighted by Gasteiger charge is -2.60. The van der Waals surface area contributed by atoms with Crippen LogP contribution in [-0.2, 0) is 14.8 Å². The summed E-state index contributed by atoms with van der Waals surface area (Å²) in [6.07, 6.45) is 9.60. The molecule has 4 aliphatic carbocycles. The van der Waals surface area contributed by atoms with Crippen molar-refractivity contribution in [2.24, 2.45) is 17.3 Å². The van der Waals surface area contributed by atoms with Crippen LogP contribution in [0.1, 0.15) is 57.8 Å². The summed E-state index contributed by atoms with van der Waals surface area (Å²) < 4.78 is 27.4. The Labute approximate surface area is 181 Å². The molecule has 0 spiro atoms. The molecule has 4 saturated carbocycles. The number of benzene rings is 1. The molecule has 2 atom stereocenters. The molecule has 5 aliphatic rings. The SMILES string of the molecule is O=C(CC12CC3CC(CC(Br)(C3)C1)C2)Nc1cccc(S(=O)(=O)N2CCCC2)c1. The summed E-state index contributed by atoms with van der Waals surface area (Å²) in [6, 6.07) is 6.73. The normalized spacial score (nSPS) is 36.4. The Balaban J connectivity index is 1.29. The maximum Gasteiger partial charge on any atom is 0.243 e. The van der Waals surface area contributed by atoms with Crippen molar-refractivity contribution >= 4 is 37.5 Å². The highest BCUT2D eigenvalue weighted by Crippen LogP contribution is 2.65. The Hall–Kier alpha value is -0.920. The van der Waals surface area contributed by atoms with E-state index in [4.69, 9.17) is 0 Å². The smallest absolute Gasteiger partial charge is 0.243 e. The fourth-order valence-electron chi connectivity index (χ4n) is 6.90. The number of alkyl halides is 1. The number of sulfonamides is 1. The molecule has 1 N–H and O–H groups in total. The molecule has 2 unspecified atom stereocenters. The van der Waals surface area contributed by atoms with Gasteiger partial charge in [-0.25, -0.2) is 8.42 Å². The van der Waals surface area contributed by atoms with Crippen LogP contribution in [0.2, 0.25) is 0 Å². The summed E-state index contributed by atoms with van der Waals surface area (Å²) in [7, 11) is -3.47. The molecular weight excluding hydrogens is 452 g/mol. The predicted molar refractivity (Wildman–Crippen MR) is 116 cm³/mol. The molecule has 0 radical (unpaired) electrons. The number of amides is 1. The first-order chi connectivity index (χ1) is 13.8. The van der Waals surface area contributed by atoms with Gasteiger partial charge in [0.1, 0.15) is 0 Å². The van der Waals surface area contributed by atoms with E-state index in [1.54, 1.807) is 28.6 Å². The molecule has 5 fully saturated rings. The van der Waals surface area contributed by atoms with Crippen LogP contribution >= 0.6 is 15.9 Å². The van der Waals surface area contributed by atoms with Gasteiger partial charge in [0.05, 0.1) is 4.90 Å². The molecule has 7 heteroatoms. The van der Waals surface area contributed by atoms with Crippen molar-refractivity contribution in [2.75, 3.05) is 18.4 Å². The van der Waals surface area contributed by atoms with Gasteiger partial charge in [-0.3, -0.25) is 4.79 Å². The summed E-state index contributed by atoms with van der Waals surface area (Å²) in [5.41, 5.74) is 0.685. The molecule has 1 heterocycles. The molecule has 1 amide bonds. The Morgan fingerprint density at radius 1 is 1.14 bits per heavy atom. The number of halogens is 1. The third-order valence-electron chi connectivity index (χ3n) is 7.47. The van der Waals surface area contributed by atoms with Crippen molar-refractivity contribution in [1.82, 2.24) is 4.31 Å². The minimum absolute atomic E-state index is 0.0128. The molecule has 1 saturated heterocycles. The van der Waals surface area contributed by atoms with Gasteiger partial charge >= 0.3 is 0 Å². The average Bonchev–Trinajstić information content (AvgIpc) is 3.14. The summed E-state index contributed by atoms with van der Waals surface area (Å²) in [6.45, 7) is 1.16. The van der Waals surface area contributed by atoms with Crippen LogP contribution in [0.15, 0.2) is 29.2 Å². The average molecular weight is 481 g/mol. The highest BCUT2D eigenvalue weighted by atomic mass is 79.9. The molecule has 6 rings (SSSR count). The maximum atomic E-state index is 12.9. The van der Waals surface area contributed by atoms with Crippen LogP contribution in [-0.4, -0.2) is 36.0 Å². The van der Waals surface area contributed by atoms with Crippen molar-refractivity contribution in [2.45, 2.75) is 67.0 Å². The van der Waals surface area contributed by atoms with Crippen molar-refractivity contribution in [1.29, 1.82) is 0 Å². The summed E-state index contributed by atoms with van der Waals surface area (Å²) >= 11 is 4.01. The quantitative estimate of drug-likeness (QED) is 0.629. The van der Waals surface area contributed by atoms with Gasteiger partial charge in [0, 0.05) is 29.5 Å². The summed E-state index contributed by atoms with van der Waals surface area (Å²) in [5.74, 6) is 1.51. The fourth-order valence-corrected chi connectivity index (χ4v) is 9.97. The zero-order valence-corrected chi connectivity index (χ0v) is 19.1. The van der Waals surface area contributed by atoms with E-state index in [-0.39, 0.29) is 20.5 Å². The number of nitrogens with one attached hydrogen (secondary N) is 1. The molecule has 29 heavy (non-hydrogen) atoms. The second-order valence-corrected chi connectivity index (χ2v) is 13.6. The van der Waals surface area contributed by atoms with Crippen LogP contribution in [0.5, 0.6) is 0 Å². The number of anilines is 1. The van der Waals surface area contributed by atoms with E-state index in [0.717, 1.165) is 43.9 Å². The lowest BCUT2D eigenvalue weighted by molar-refractivity contribution is -0.123. The number of carbonyl (C=O) groups excluding carboxylic acids is 1. The largest absolute Gasteiger partial charge is 0.326 e. The van der Waals surface area contributed by atoms with E-state index in [1.165, 1.54) is 19.3 Å². The van der Waals surface area contributed by atoms with Gasteiger partial charge < -0.3 is 5.32 Å². The van der Waals surface area contributed by atoms with E-state index < -0.39 is 10.0 Å². The Morgan fingerprint density at radius 2 is 1.83 bits per heavy atom. The first-order valence-electron chi connectivity index (χ1n) is 10.8. The van der Waals surface area contributed by atoms with Crippen LogP contribution in [0.4, 0.5) is 5.69 Å². The van der Waals surface area contributed by atoms with E-state index in [0.29, 0.717) is 25.2 Å². The van der Waals surface area contributed by atoms with Crippen LogP contribution < -0.4 is 5.32 Å². The second kappa shape index (κ2) is 7.06. The highest BCUT2D eigenvalue weighted by molar-refractivity contribution is 9.10. The van der Waals surface area contributed by atoms with Crippen LogP contribution in [0, 0.1) is 17.3 Å². The molecule has 5 nitrogen and oxygen atoms in total. The lowest BCUT2D eigenvalue weighted by atomic mass is 9.48. The minimum atomic E-state index is -3.47. The monoisotopic (exact) mass is 480 g/mol. The van der Waals surface area contributed by atoms with Crippen LogP contribution in [0.25, 0.3) is 0 Å². The molecule has 4 bridgehead atoms. The Bertz CT molecular complexity index is 912. The van der Waals surface area contributed by atoms with Gasteiger partial charge in [0.25, 0.3) is 0 Å². The van der Waals surface area contributed by atoms with Crippen LogP contribution in [0.3, 0.4) is 0 Å². The van der Waals surface area contributed by atoms with E-state index in [9.17, 15) is 13.2 Å². The fraction of sp³-hybridized carbons (Fsp3) is 0.682. The molecule has 1 aromatic rings. The second-order valence-electron chi connectivity index (χ2n) is 9.98. The maximum absolute atomic E-state index is 12.9. The molecule has 158 valence electrons. The number of carbonyl (C=O) groups is 1. The van der Waals surface area contributed by atoms with Crippen molar-refractivity contribution in [3.63, 3.8) is 0 Å². The summed E-state index contributed by atoms with van der Waals surface area (Å²) in [5, 5.41) is 3.00. The lowest BCUT2D eigenvalue weighted by Crippen LogP contribution is -2.53. The van der Waals surface area contributed by atoms with Gasteiger partial charge in [-0.2, -0.15) is 4.31 Å². The van der Waals surface area contributed by atoms with Gasteiger partial charge in [0.2, 0.25) is 15.9 Å². The van der Waals surface area contributed by atoms with E-state index in [1.807, 2.05) is 0 Å². The first kappa shape index (κ1) is 20.0. The topological polar surface area (TPSA) is 66.5 Å². The third kappa shape index (κ3) is 3.79. The minimum Gasteiger partial charge on any atom is -0.326 e. The van der Waals surface area contributed by atoms with Crippen molar-refractivity contribution in [3.05, 3.63) is 24.3 Å². The van der Waals surface area contributed by atoms with Crippen molar-refractivity contribution < 1.29 is 13.2 Å². The number of hydrogen-bond donors (Lipinski definition) is 1. The Morgan fingerprint density at radius 3 is 2.48 bits per heavy atom. The Kier molecular flexibility index (Phi) is 4.87. The van der Waals surface area contributed by atoms with Gasteiger partial charge in [-0.05, 0) is 86.8 Å². The molecule has 1 aromatic carbocycles. The molecular formula is C22H29BrN2O3S. The standard InChI is InChI=1S/C22H29BrN2O3S/c23-22-12-16-8-17(13-22)11-21(10-16,15-22)14-20(26)24-18-4-3-5-19(9-18)29(27,28)25-6-1-2-7-25/h3-5,9,16-17H,1-2,6-8,10-15H2,(H,24,26). The zero-order chi connectivity index (χ0) is 20.3. The predicted octanol–water partition coefficient (Wildman–Crippen LogP) is 4.53. The van der Waals surface area contributed by atoms with Gasteiger partial charge in [-0.15, -0.1) is 0 Å². The zero-order valence-electron chi connectivity index (χ0n) is 16.7. The number of nitrogens with zero attached hydrogens (tertiary/aromatic N) is 1. The first-order valence-corrected chi connectivity index (χ1v) is 13.1. The van der Waals surface area contributed by atoms with E-state index >= 15 is 0 Å². The van der Waals surface area contributed by atoms with Gasteiger partial charge in [-0.1, -0.05) is 22.0 Å². The highest BCUT2D eigenvalue weighted by Gasteiger charge is 2.57.